The van der Waals surface area contributed by atoms with E-state index in [0.29, 0.717) is 22.4 Å². The number of halogens is 2. The molecular formula is C25H22ClFN8O3. The Balaban J connectivity index is 1.38. The van der Waals surface area contributed by atoms with Crippen molar-refractivity contribution in [3.8, 4) is 0 Å². The first-order valence-corrected chi connectivity index (χ1v) is 12.0. The third-order valence-corrected chi connectivity index (χ3v) is 6.26. The molecule has 4 heterocycles. The number of anilines is 3. The van der Waals surface area contributed by atoms with Gasteiger partial charge in [-0.2, -0.15) is 5.10 Å². The highest BCUT2D eigenvalue weighted by Crippen LogP contribution is 2.26. The largest absolute Gasteiger partial charge is 0.364 e. The number of hydrogen-bond acceptors (Lipinski definition) is 7. The number of pyridine rings is 2. The standard InChI is InChI=1S/C25H22ClFN8O3/c26-19-4-3-6-21(31-19)32-25(38)18-10-14(27)12-34(18)22(36)13-35-17-8-7-15(30-20-5-1-2-9-29-20)11-16(17)23(33-35)24(28)37/h1-9,11,14,18H,10,12-13H2,(H2,28,37)(H,29,30)(H,31,32,38)/t14-,18+/m1/s1. The monoisotopic (exact) mass is 536 g/mol. The van der Waals surface area contributed by atoms with Gasteiger partial charge in [-0.1, -0.05) is 23.7 Å². The molecule has 13 heteroatoms. The van der Waals surface area contributed by atoms with Crippen molar-refractivity contribution in [2.45, 2.75) is 25.2 Å². The fraction of sp³-hybridized carbons (Fsp3) is 0.200. The summed E-state index contributed by atoms with van der Waals surface area (Å²) < 4.78 is 15.7. The highest BCUT2D eigenvalue weighted by Gasteiger charge is 2.40. The zero-order valence-electron chi connectivity index (χ0n) is 19.8. The molecule has 0 radical (unpaired) electrons. The summed E-state index contributed by atoms with van der Waals surface area (Å²) in [7, 11) is 0. The van der Waals surface area contributed by atoms with Crippen LogP contribution in [0.15, 0.2) is 60.8 Å². The Hall–Kier alpha value is -4.58. The van der Waals surface area contributed by atoms with Crippen LogP contribution in [0.3, 0.4) is 0 Å². The number of benzene rings is 1. The van der Waals surface area contributed by atoms with Gasteiger partial charge in [0.25, 0.3) is 5.91 Å². The molecule has 0 aliphatic carbocycles. The maximum atomic E-state index is 14.4. The van der Waals surface area contributed by atoms with Crippen LogP contribution in [0.5, 0.6) is 0 Å². The van der Waals surface area contributed by atoms with Crippen molar-refractivity contribution in [2.24, 2.45) is 5.73 Å². The van der Waals surface area contributed by atoms with E-state index in [2.05, 4.69) is 25.7 Å². The number of nitrogens with two attached hydrogens (primary N) is 1. The first-order valence-electron chi connectivity index (χ1n) is 11.6. The van der Waals surface area contributed by atoms with Gasteiger partial charge in [-0.25, -0.2) is 14.4 Å². The molecule has 194 valence electrons. The summed E-state index contributed by atoms with van der Waals surface area (Å²) in [4.78, 5) is 47.6. The number of primary amides is 1. The van der Waals surface area contributed by atoms with Crippen molar-refractivity contribution in [1.29, 1.82) is 0 Å². The van der Waals surface area contributed by atoms with Gasteiger partial charge in [0.15, 0.2) is 5.69 Å². The molecule has 3 amide bonds. The Morgan fingerprint density at radius 1 is 1.11 bits per heavy atom. The molecule has 1 aliphatic heterocycles. The number of likely N-dealkylation sites (tertiary alicyclic amines) is 1. The van der Waals surface area contributed by atoms with Crippen LogP contribution in [-0.2, 0) is 16.1 Å². The molecule has 3 aromatic heterocycles. The summed E-state index contributed by atoms with van der Waals surface area (Å²) in [5.41, 5.74) is 6.63. The number of aromatic nitrogens is 4. The number of nitrogens with one attached hydrogen (secondary N) is 2. The minimum atomic E-state index is -1.38. The van der Waals surface area contributed by atoms with Gasteiger partial charge in [0.1, 0.15) is 35.5 Å². The van der Waals surface area contributed by atoms with E-state index in [1.165, 1.54) is 15.6 Å². The first-order chi connectivity index (χ1) is 18.3. The molecule has 11 nitrogen and oxygen atoms in total. The normalized spacial score (nSPS) is 16.9. The number of fused-ring (bicyclic) bond motifs is 1. The van der Waals surface area contributed by atoms with E-state index < -0.39 is 29.9 Å². The molecule has 2 atom stereocenters. The smallest absolute Gasteiger partial charge is 0.269 e. The summed E-state index contributed by atoms with van der Waals surface area (Å²) in [6, 6.07) is 14.1. The number of carbonyl (C=O) groups is 3. The Morgan fingerprint density at radius 3 is 2.66 bits per heavy atom. The molecule has 4 aromatic rings. The van der Waals surface area contributed by atoms with E-state index in [9.17, 15) is 18.8 Å². The van der Waals surface area contributed by atoms with E-state index in [4.69, 9.17) is 17.3 Å². The molecule has 0 spiro atoms. The number of rotatable bonds is 7. The number of hydrogen-bond donors (Lipinski definition) is 3. The summed E-state index contributed by atoms with van der Waals surface area (Å²) in [5, 5.41) is 10.6. The molecule has 4 N–H and O–H groups in total. The van der Waals surface area contributed by atoms with Gasteiger partial charge in [-0.15, -0.1) is 0 Å². The van der Waals surface area contributed by atoms with E-state index in [-0.39, 0.29) is 36.2 Å². The molecule has 1 saturated heterocycles. The van der Waals surface area contributed by atoms with Crippen molar-refractivity contribution in [3.05, 3.63) is 71.6 Å². The van der Waals surface area contributed by atoms with E-state index in [1.54, 1.807) is 48.7 Å². The van der Waals surface area contributed by atoms with Gasteiger partial charge in [0, 0.05) is 23.7 Å². The Kier molecular flexibility index (Phi) is 6.88. The van der Waals surface area contributed by atoms with Crippen LogP contribution in [-0.4, -0.2) is 61.1 Å². The minimum Gasteiger partial charge on any atom is -0.364 e. The second-order valence-electron chi connectivity index (χ2n) is 8.67. The molecule has 1 aliphatic rings. The third-order valence-electron chi connectivity index (χ3n) is 6.05. The van der Waals surface area contributed by atoms with Crippen LogP contribution in [0.25, 0.3) is 10.9 Å². The second kappa shape index (κ2) is 10.4. The lowest BCUT2D eigenvalue weighted by atomic mass is 10.1. The topological polar surface area (TPSA) is 148 Å². The van der Waals surface area contributed by atoms with Crippen molar-refractivity contribution in [1.82, 2.24) is 24.6 Å². The van der Waals surface area contributed by atoms with Crippen LogP contribution in [0.2, 0.25) is 5.15 Å². The molecule has 1 fully saturated rings. The van der Waals surface area contributed by atoms with Crippen molar-refractivity contribution < 1.29 is 18.8 Å². The lowest BCUT2D eigenvalue weighted by molar-refractivity contribution is -0.137. The quantitative estimate of drug-likeness (QED) is 0.307. The molecule has 5 rings (SSSR count). The van der Waals surface area contributed by atoms with Crippen LogP contribution in [0, 0.1) is 0 Å². The maximum absolute atomic E-state index is 14.4. The molecule has 0 saturated carbocycles. The lowest BCUT2D eigenvalue weighted by Crippen LogP contribution is -2.44. The zero-order chi connectivity index (χ0) is 26.8. The molecule has 1 aromatic carbocycles. The van der Waals surface area contributed by atoms with Gasteiger partial charge in [-0.3, -0.25) is 19.1 Å². The summed E-state index contributed by atoms with van der Waals surface area (Å²) >= 11 is 5.87. The predicted molar refractivity (Wildman–Crippen MR) is 139 cm³/mol. The van der Waals surface area contributed by atoms with Gasteiger partial charge in [0.2, 0.25) is 11.8 Å². The van der Waals surface area contributed by atoms with E-state index in [1.807, 2.05) is 6.07 Å². The van der Waals surface area contributed by atoms with Crippen LogP contribution < -0.4 is 16.4 Å². The Morgan fingerprint density at radius 2 is 1.92 bits per heavy atom. The molecule has 38 heavy (non-hydrogen) atoms. The SMILES string of the molecule is NC(=O)c1nn(CC(=O)N2C[C@H](F)C[C@H]2C(=O)Nc2cccc(Cl)n2)c2ccc(Nc3ccccn3)cc12. The highest BCUT2D eigenvalue weighted by molar-refractivity contribution is 6.29. The van der Waals surface area contributed by atoms with E-state index in [0.717, 1.165) is 0 Å². The van der Waals surface area contributed by atoms with Crippen LogP contribution >= 0.6 is 11.6 Å². The van der Waals surface area contributed by atoms with Crippen LogP contribution in [0.1, 0.15) is 16.9 Å². The second-order valence-corrected chi connectivity index (χ2v) is 9.06. The third kappa shape index (κ3) is 5.25. The predicted octanol–water partition coefficient (Wildman–Crippen LogP) is 2.90. The Bertz CT molecular complexity index is 1530. The number of alkyl halides is 1. The highest BCUT2D eigenvalue weighted by atomic mass is 35.5. The summed E-state index contributed by atoms with van der Waals surface area (Å²) in [6.07, 6.45) is 0.101. The average Bonchev–Trinajstić information content (AvgIpc) is 3.45. The summed E-state index contributed by atoms with van der Waals surface area (Å²) in [6.45, 7) is -0.581. The molecule has 0 bridgehead atoms. The molecular weight excluding hydrogens is 515 g/mol. The van der Waals surface area contributed by atoms with Crippen molar-refractivity contribution in [3.63, 3.8) is 0 Å². The number of amides is 3. The minimum absolute atomic E-state index is 0.0245. The van der Waals surface area contributed by atoms with Gasteiger partial charge in [-0.05, 0) is 42.5 Å². The maximum Gasteiger partial charge on any atom is 0.269 e. The van der Waals surface area contributed by atoms with Crippen molar-refractivity contribution >= 4 is 57.5 Å². The Labute approximate surface area is 220 Å². The van der Waals surface area contributed by atoms with Crippen molar-refractivity contribution in [2.75, 3.05) is 17.2 Å². The van der Waals surface area contributed by atoms with Gasteiger partial charge < -0.3 is 21.3 Å². The zero-order valence-corrected chi connectivity index (χ0v) is 20.6. The van der Waals surface area contributed by atoms with Gasteiger partial charge in [0.05, 0.1) is 12.1 Å². The fourth-order valence-corrected chi connectivity index (χ4v) is 4.52. The average molecular weight is 537 g/mol. The number of nitrogens with zero attached hydrogens (tertiary/aromatic N) is 5. The van der Waals surface area contributed by atoms with E-state index >= 15 is 0 Å². The number of carbonyl (C=O) groups excluding carboxylic acids is 3. The van der Waals surface area contributed by atoms with Gasteiger partial charge >= 0.3 is 0 Å². The van der Waals surface area contributed by atoms with Crippen LogP contribution in [0.4, 0.5) is 21.7 Å². The lowest BCUT2D eigenvalue weighted by Gasteiger charge is -2.23. The fourth-order valence-electron chi connectivity index (χ4n) is 4.36. The first kappa shape index (κ1) is 25.1. The summed E-state index contributed by atoms with van der Waals surface area (Å²) in [5.74, 6) is -1.10. The molecule has 0 unspecified atom stereocenters.